The van der Waals surface area contributed by atoms with Gasteiger partial charge in [0.25, 0.3) is 11.8 Å². The molecule has 0 aliphatic rings. The van der Waals surface area contributed by atoms with Crippen LogP contribution in [0.1, 0.15) is 57.5 Å². The van der Waals surface area contributed by atoms with Crippen LogP contribution in [0.25, 0.3) is 6.08 Å². The number of nitrogens with one attached hydrogen (secondary N) is 2. The molecule has 0 aliphatic carbocycles. The SMILES string of the molecule is CC(C)(C)c1ccc(C(=O)Oc2ccc(/C=N/NC(=O)/C(=C\c3cccs3)NC(=O)c3ccccc3)cc2)cc1. The molecule has 40 heavy (non-hydrogen) atoms. The van der Waals surface area contributed by atoms with Crippen LogP contribution in [0.3, 0.4) is 0 Å². The predicted octanol–water partition coefficient (Wildman–Crippen LogP) is 6.19. The predicted molar refractivity (Wildman–Crippen MR) is 158 cm³/mol. The van der Waals surface area contributed by atoms with E-state index in [1.54, 1.807) is 66.7 Å². The topological polar surface area (TPSA) is 96.9 Å². The van der Waals surface area contributed by atoms with Gasteiger partial charge in [-0.15, -0.1) is 11.3 Å². The molecule has 0 saturated carbocycles. The van der Waals surface area contributed by atoms with Crippen LogP contribution in [0.5, 0.6) is 5.75 Å². The highest BCUT2D eigenvalue weighted by atomic mass is 32.1. The number of rotatable bonds is 8. The minimum absolute atomic E-state index is 0.00266. The van der Waals surface area contributed by atoms with Crippen LogP contribution in [0.2, 0.25) is 0 Å². The van der Waals surface area contributed by atoms with Crippen LogP contribution in [0.4, 0.5) is 0 Å². The fraction of sp³-hybridized carbons (Fsp3) is 0.125. The summed E-state index contributed by atoms with van der Waals surface area (Å²) >= 11 is 1.44. The van der Waals surface area contributed by atoms with Crippen LogP contribution >= 0.6 is 11.3 Å². The van der Waals surface area contributed by atoms with Crippen LogP contribution < -0.4 is 15.5 Å². The second-order valence-electron chi connectivity index (χ2n) is 9.88. The van der Waals surface area contributed by atoms with Gasteiger partial charge in [0, 0.05) is 10.4 Å². The molecule has 2 amide bonds. The molecular weight excluding hydrogens is 522 g/mol. The van der Waals surface area contributed by atoms with Gasteiger partial charge in [-0.05, 0) is 82.6 Å². The van der Waals surface area contributed by atoms with E-state index < -0.39 is 17.8 Å². The molecule has 0 unspecified atom stereocenters. The van der Waals surface area contributed by atoms with Crippen molar-refractivity contribution in [2.75, 3.05) is 0 Å². The lowest BCUT2D eigenvalue weighted by Gasteiger charge is -2.18. The number of hydrazone groups is 1. The molecule has 0 bridgehead atoms. The molecule has 0 aliphatic heterocycles. The smallest absolute Gasteiger partial charge is 0.343 e. The first kappa shape index (κ1) is 28.2. The number of hydrogen-bond donors (Lipinski definition) is 2. The number of amides is 2. The van der Waals surface area contributed by atoms with Gasteiger partial charge in [-0.25, -0.2) is 10.2 Å². The van der Waals surface area contributed by atoms with E-state index in [0.717, 1.165) is 10.4 Å². The maximum atomic E-state index is 12.9. The van der Waals surface area contributed by atoms with E-state index in [-0.39, 0.29) is 11.1 Å². The van der Waals surface area contributed by atoms with E-state index in [4.69, 9.17) is 4.74 Å². The number of esters is 1. The number of carbonyl (C=O) groups is 3. The van der Waals surface area contributed by atoms with Crippen molar-refractivity contribution in [3.63, 3.8) is 0 Å². The summed E-state index contributed by atoms with van der Waals surface area (Å²) in [6, 6.07) is 26.4. The summed E-state index contributed by atoms with van der Waals surface area (Å²) in [5.74, 6) is -1.04. The zero-order valence-electron chi connectivity index (χ0n) is 22.4. The summed E-state index contributed by atoms with van der Waals surface area (Å²) in [4.78, 5) is 38.8. The Labute approximate surface area is 237 Å². The van der Waals surface area contributed by atoms with Crippen LogP contribution in [0, 0.1) is 0 Å². The number of carbonyl (C=O) groups excluding carboxylic acids is 3. The maximum absolute atomic E-state index is 12.9. The second kappa shape index (κ2) is 12.8. The van der Waals surface area contributed by atoms with E-state index in [1.165, 1.54) is 17.6 Å². The van der Waals surface area contributed by atoms with Crippen molar-refractivity contribution >= 4 is 41.4 Å². The highest BCUT2D eigenvalue weighted by Crippen LogP contribution is 2.23. The summed E-state index contributed by atoms with van der Waals surface area (Å²) < 4.78 is 5.48. The third kappa shape index (κ3) is 7.85. The molecule has 4 aromatic rings. The van der Waals surface area contributed by atoms with Gasteiger partial charge >= 0.3 is 5.97 Å². The third-order valence-electron chi connectivity index (χ3n) is 5.82. The quantitative estimate of drug-likeness (QED) is 0.0898. The molecule has 2 N–H and O–H groups in total. The molecule has 0 saturated heterocycles. The van der Waals surface area contributed by atoms with E-state index in [9.17, 15) is 14.4 Å². The summed E-state index contributed by atoms with van der Waals surface area (Å²) in [5, 5.41) is 8.56. The number of hydrogen-bond acceptors (Lipinski definition) is 6. The second-order valence-corrected chi connectivity index (χ2v) is 10.9. The van der Waals surface area contributed by atoms with Gasteiger partial charge in [-0.3, -0.25) is 9.59 Å². The van der Waals surface area contributed by atoms with E-state index in [0.29, 0.717) is 22.4 Å². The average molecular weight is 552 g/mol. The van der Waals surface area contributed by atoms with Gasteiger partial charge in [0.2, 0.25) is 0 Å². The third-order valence-corrected chi connectivity index (χ3v) is 6.63. The van der Waals surface area contributed by atoms with E-state index in [1.807, 2.05) is 35.7 Å². The highest BCUT2D eigenvalue weighted by Gasteiger charge is 2.16. The Morgan fingerprint density at radius 1 is 0.825 bits per heavy atom. The molecule has 8 heteroatoms. The van der Waals surface area contributed by atoms with Crippen molar-refractivity contribution in [1.82, 2.24) is 10.7 Å². The number of thiophene rings is 1. The standard InChI is InChI=1S/C32H29N3O4S/c1-32(2,3)25-15-13-24(14-16-25)31(38)39-26-17-11-22(12-18-26)21-33-35-30(37)28(20-27-10-7-19-40-27)34-29(36)23-8-5-4-6-9-23/h4-21H,1-3H3,(H,34,36)(H,35,37)/b28-20+,33-21+. The Hall–Kier alpha value is -4.82. The summed E-state index contributed by atoms with van der Waals surface area (Å²) in [7, 11) is 0. The average Bonchev–Trinajstić information content (AvgIpc) is 3.47. The molecule has 1 aromatic heterocycles. The van der Waals surface area contributed by atoms with Gasteiger partial charge in [0.05, 0.1) is 11.8 Å². The van der Waals surface area contributed by atoms with E-state index >= 15 is 0 Å². The summed E-state index contributed by atoms with van der Waals surface area (Å²) in [6.07, 6.45) is 3.05. The Bertz CT molecular complexity index is 1520. The first-order valence-corrected chi connectivity index (χ1v) is 13.4. The van der Waals surface area contributed by atoms with Crippen LogP contribution in [-0.2, 0) is 10.2 Å². The Morgan fingerprint density at radius 2 is 1.52 bits per heavy atom. The Kier molecular flexibility index (Phi) is 9.04. The normalized spacial score (nSPS) is 11.7. The van der Waals surface area contributed by atoms with Gasteiger partial charge in [-0.1, -0.05) is 57.2 Å². The van der Waals surface area contributed by atoms with Crippen molar-refractivity contribution in [2.24, 2.45) is 5.10 Å². The van der Waals surface area contributed by atoms with Crippen molar-refractivity contribution < 1.29 is 19.1 Å². The fourth-order valence-corrected chi connectivity index (χ4v) is 4.24. The van der Waals surface area contributed by atoms with Gasteiger partial charge in [0.1, 0.15) is 11.4 Å². The zero-order chi connectivity index (χ0) is 28.5. The lowest BCUT2D eigenvalue weighted by atomic mass is 9.87. The molecule has 7 nitrogen and oxygen atoms in total. The lowest BCUT2D eigenvalue weighted by Crippen LogP contribution is -2.32. The van der Waals surface area contributed by atoms with Crippen molar-refractivity contribution in [2.45, 2.75) is 26.2 Å². The molecule has 3 aromatic carbocycles. The zero-order valence-corrected chi connectivity index (χ0v) is 23.2. The Balaban J connectivity index is 1.36. The first-order chi connectivity index (χ1) is 19.2. The molecule has 4 rings (SSSR count). The molecular formula is C32H29N3O4S. The van der Waals surface area contributed by atoms with Crippen molar-refractivity contribution in [3.05, 3.63) is 129 Å². The van der Waals surface area contributed by atoms with Crippen LogP contribution in [-0.4, -0.2) is 24.0 Å². The van der Waals surface area contributed by atoms with E-state index in [2.05, 4.69) is 36.6 Å². The minimum Gasteiger partial charge on any atom is -0.423 e. The van der Waals surface area contributed by atoms with Crippen molar-refractivity contribution in [3.8, 4) is 5.75 Å². The number of ether oxygens (including phenoxy) is 1. The number of nitrogens with zero attached hydrogens (tertiary/aromatic N) is 1. The molecule has 1 heterocycles. The maximum Gasteiger partial charge on any atom is 0.343 e. The molecule has 0 atom stereocenters. The highest BCUT2D eigenvalue weighted by molar-refractivity contribution is 7.10. The Morgan fingerprint density at radius 3 is 2.15 bits per heavy atom. The monoisotopic (exact) mass is 551 g/mol. The van der Waals surface area contributed by atoms with Gasteiger partial charge < -0.3 is 10.1 Å². The summed E-state index contributed by atoms with van der Waals surface area (Å²) in [5.41, 5.74) is 5.21. The minimum atomic E-state index is -0.572. The fourth-order valence-electron chi connectivity index (χ4n) is 3.58. The van der Waals surface area contributed by atoms with Gasteiger partial charge in [0.15, 0.2) is 0 Å². The molecule has 0 fully saturated rings. The lowest BCUT2D eigenvalue weighted by molar-refractivity contribution is -0.117. The van der Waals surface area contributed by atoms with Crippen molar-refractivity contribution in [1.29, 1.82) is 0 Å². The van der Waals surface area contributed by atoms with Crippen LogP contribution in [0.15, 0.2) is 107 Å². The largest absolute Gasteiger partial charge is 0.423 e. The molecule has 0 spiro atoms. The molecule has 202 valence electrons. The number of benzene rings is 3. The first-order valence-electron chi connectivity index (χ1n) is 12.6. The summed E-state index contributed by atoms with van der Waals surface area (Å²) in [6.45, 7) is 6.34. The van der Waals surface area contributed by atoms with Gasteiger partial charge in [-0.2, -0.15) is 5.10 Å². The molecule has 0 radical (unpaired) electrons.